The Bertz CT molecular complexity index is 1260. The van der Waals surface area contributed by atoms with Gasteiger partial charge in [0.15, 0.2) is 5.69 Å². The Balaban J connectivity index is 1.41. The normalized spacial score (nSPS) is 24.4. The lowest BCUT2D eigenvalue weighted by Crippen LogP contribution is -2.53. The molecule has 2 aliphatic heterocycles. The minimum Gasteiger partial charge on any atom is -0.381 e. The molecule has 0 bridgehead atoms. The van der Waals surface area contributed by atoms with Gasteiger partial charge in [-0.25, -0.2) is 8.78 Å². The number of hydrogen-bond donors (Lipinski definition) is 1. The van der Waals surface area contributed by atoms with Crippen LogP contribution in [0.1, 0.15) is 52.7 Å². The highest BCUT2D eigenvalue weighted by Crippen LogP contribution is 2.45. The van der Waals surface area contributed by atoms with Crippen LogP contribution in [0.25, 0.3) is 0 Å². The van der Waals surface area contributed by atoms with E-state index < -0.39 is 82.4 Å². The van der Waals surface area contributed by atoms with Crippen molar-refractivity contribution in [3.63, 3.8) is 0 Å². The molecule has 1 aromatic heterocycles. The molecule has 3 heterocycles. The number of aromatic nitrogens is 1. The zero-order valence-electron chi connectivity index (χ0n) is 19.2. The van der Waals surface area contributed by atoms with Crippen molar-refractivity contribution < 1.29 is 54.0 Å². The smallest absolute Gasteiger partial charge is 0.381 e. The lowest BCUT2D eigenvalue weighted by molar-refractivity contribution is -0.155. The van der Waals surface area contributed by atoms with E-state index in [1.807, 2.05) is 0 Å². The van der Waals surface area contributed by atoms with E-state index in [9.17, 15) is 44.7 Å². The minimum atomic E-state index is -5.14. The Hall–Kier alpha value is -3.23. The molecule has 2 aromatic rings. The van der Waals surface area contributed by atoms with Crippen LogP contribution in [0.15, 0.2) is 22.7 Å². The molecule has 2 amide bonds. The number of nitrogens with zero attached hydrogens (tertiary/aromatic N) is 2. The zero-order chi connectivity index (χ0) is 27.6. The molecular weight excluding hydrogens is 534 g/mol. The van der Waals surface area contributed by atoms with Crippen molar-refractivity contribution in [3.05, 3.63) is 52.4 Å². The maximum absolute atomic E-state index is 14.8. The Kier molecular flexibility index (Phi) is 6.39. The van der Waals surface area contributed by atoms with Gasteiger partial charge in [-0.15, -0.1) is 0 Å². The predicted molar refractivity (Wildman–Crippen MR) is 109 cm³/mol. The molecule has 0 radical (unpaired) electrons. The summed E-state index contributed by atoms with van der Waals surface area (Å²) in [4.78, 5) is 27.6. The minimum absolute atomic E-state index is 0.00471. The van der Waals surface area contributed by atoms with Crippen LogP contribution in [0.3, 0.4) is 0 Å². The highest BCUT2D eigenvalue weighted by molar-refractivity contribution is 5.97. The Morgan fingerprint density at radius 1 is 1.00 bits per heavy atom. The lowest BCUT2D eigenvalue weighted by Gasteiger charge is -2.38. The fourth-order valence-corrected chi connectivity index (χ4v) is 5.15. The van der Waals surface area contributed by atoms with Gasteiger partial charge < -0.3 is 19.5 Å². The van der Waals surface area contributed by atoms with Crippen LogP contribution in [-0.4, -0.2) is 47.2 Å². The van der Waals surface area contributed by atoms with Gasteiger partial charge >= 0.3 is 12.4 Å². The third kappa shape index (κ3) is 4.60. The second-order valence-corrected chi connectivity index (χ2v) is 9.58. The van der Waals surface area contributed by atoms with Gasteiger partial charge in [0.05, 0.1) is 24.8 Å². The van der Waals surface area contributed by atoms with Crippen molar-refractivity contribution in [2.45, 2.75) is 49.7 Å². The number of amides is 2. The zero-order valence-corrected chi connectivity index (χ0v) is 19.2. The van der Waals surface area contributed by atoms with Gasteiger partial charge in [-0.3, -0.25) is 9.59 Å². The molecule has 4 atom stereocenters. The first-order chi connectivity index (χ1) is 17.8. The molecule has 2 saturated heterocycles. The number of ether oxygens (including phenoxy) is 1. The molecule has 206 valence electrons. The molecule has 1 N–H and O–H groups in total. The second kappa shape index (κ2) is 9.20. The number of likely N-dealkylation sites (tertiary alicyclic amines) is 1. The SMILES string of the molecule is O=C(N[C@@H](c1cc(F)c(C(F)(F)F)cc1F)C1COC1)[C@H]1C[C@H]2CC[C@H]2N1C(=O)c1cc(C(F)(F)F)on1. The highest BCUT2D eigenvalue weighted by atomic mass is 19.4. The first-order valence-corrected chi connectivity index (χ1v) is 11.6. The molecule has 3 aliphatic rings. The van der Waals surface area contributed by atoms with Crippen LogP contribution in [0.4, 0.5) is 35.1 Å². The van der Waals surface area contributed by atoms with E-state index in [1.165, 1.54) is 0 Å². The summed E-state index contributed by atoms with van der Waals surface area (Å²) < 4.78 is 116. The van der Waals surface area contributed by atoms with Crippen LogP contribution in [0, 0.1) is 23.5 Å². The molecule has 0 spiro atoms. The first-order valence-electron chi connectivity index (χ1n) is 11.6. The van der Waals surface area contributed by atoms with Crippen LogP contribution in [0.2, 0.25) is 0 Å². The lowest BCUT2D eigenvalue weighted by atomic mass is 9.80. The van der Waals surface area contributed by atoms with Crippen molar-refractivity contribution in [2.24, 2.45) is 11.8 Å². The van der Waals surface area contributed by atoms with Gasteiger partial charge in [-0.2, -0.15) is 26.3 Å². The predicted octanol–water partition coefficient (Wildman–Crippen LogP) is 4.49. The summed E-state index contributed by atoms with van der Waals surface area (Å²) in [5.74, 6) is -7.11. The van der Waals surface area contributed by atoms with E-state index in [0.717, 1.165) is 4.90 Å². The number of nitrogens with one attached hydrogen (secondary N) is 1. The van der Waals surface area contributed by atoms with E-state index in [1.54, 1.807) is 0 Å². The summed E-state index contributed by atoms with van der Waals surface area (Å²) in [6, 6.07) is -2.11. The summed E-state index contributed by atoms with van der Waals surface area (Å²) in [7, 11) is 0. The molecule has 1 aliphatic carbocycles. The van der Waals surface area contributed by atoms with Crippen LogP contribution < -0.4 is 5.32 Å². The van der Waals surface area contributed by atoms with Gasteiger partial charge in [0.2, 0.25) is 11.7 Å². The van der Waals surface area contributed by atoms with Crippen molar-refractivity contribution in [1.82, 2.24) is 15.4 Å². The Labute approximate surface area is 209 Å². The first kappa shape index (κ1) is 26.4. The van der Waals surface area contributed by atoms with E-state index >= 15 is 0 Å². The van der Waals surface area contributed by atoms with Crippen LogP contribution >= 0.6 is 0 Å². The van der Waals surface area contributed by atoms with Gasteiger partial charge in [-0.1, -0.05) is 5.16 Å². The summed E-state index contributed by atoms with van der Waals surface area (Å²) in [5, 5.41) is 5.71. The second-order valence-electron chi connectivity index (χ2n) is 9.58. The summed E-state index contributed by atoms with van der Waals surface area (Å²) in [6.07, 6.45) is -8.72. The maximum Gasteiger partial charge on any atom is 0.452 e. The number of rotatable bonds is 5. The average Bonchev–Trinajstić information content (AvgIpc) is 3.35. The molecule has 1 aromatic carbocycles. The number of halogens is 8. The fourth-order valence-electron chi connectivity index (χ4n) is 5.15. The molecule has 38 heavy (non-hydrogen) atoms. The summed E-state index contributed by atoms with van der Waals surface area (Å²) in [6.45, 7) is 0.00942. The number of benzene rings is 1. The number of fused-ring (bicyclic) bond motifs is 1. The van der Waals surface area contributed by atoms with E-state index in [0.29, 0.717) is 25.0 Å². The standard InChI is InChI=1S/C23H19F8N3O4/c24-13-5-12(22(26,27)28)14(25)4-11(13)19(10-7-37-8-10)32-20(35)17-3-9-1-2-16(9)34(17)21(36)15-6-18(38-33-15)23(29,30)31/h4-6,9-10,16-17,19H,1-3,7-8H2,(H,32,35)/t9-,16-,17-,19-/m1/s1. The van der Waals surface area contributed by atoms with E-state index in [-0.39, 0.29) is 31.6 Å². The van der Waals surface area contributed by atoms with Gasteiger partial charge in [-0.05, 0) is 37.3 Å². The number of carbonyl (C=O) groups is 2. The molecule has 7 nitrogen and oxygen atoms in total. The fraction of sp³-hybridized carbons (Fsp3) is 0.522. The average molecular weight is 553 g/mol. The molecule has 3 fully saturated rings. The largest absolute Gasteiger partial charge is 0.452 e. The van der Waals surface area contributed by atoms with E-state index in [4.69, 9.17) is 4.74 Å². The number of carbonyl (C=O) groups excluding carboxylic acids is 2. The van der Waals surface area contributed by atoms with Crippen molar-refractivity contribution in [1.29, 1.82) is 0 Å². The quantitative estimate of drug-likeness (QED) is 0.552. The monoisotopic (exact) mass is 553 g/mol. The summed E-state index contributed by atoms with van der Waals surface area (Å²) in [5.41, 5.74) is -2.98. The number of hydrogen-bond acceptors (Lipinski definition) is 5. The van der Waals surface area contributed by atoms with E-state index in [2.05, 4.69) is 15.0 Å². The summed E-state index contributed by atoms with van der Waals surface area (Å²) >= 11 is 0. The molecule has 0 unspecified atom stereocenters. The Morgan fingerprint density at radius 2 is 1.71 bits per heavy atom. The van der Waals surface area contributed by atoms with Crippen molar-refractivity contribution in [2.75, 3.05) is 13.2 Å². The molecule has 15 heteroatoms. The number of alkyl halides is 6. The van der Waals surface area contributed by atoms with Crippen LogP contribution in [0.5, 0.6) is 0 Å². The topological polar surface area (TPSA) is 84.7 Å². The third-order valence-electron chi connectivity index (χ3n) is 7.30. The molecule has 1 saturated carbocycles. The van der Waals surface area contributed by atoms with Gasteiger partial charge in [0, 0.05) is 23.6 Å². The van der Waals surface area contributed by atoms with Crippen molar-refractivity contribution in [3.8, 4) is 0 Å². The van der Waals surface area contributed by atoms with Gasteiger partial charge in [0.1, 0.15) is 17.7 Å². The maximum atomic E-state index is 14.8. The van der Waals surface area contributed by atoms with Crippen LogP contribution in [-0.2, 0) is 21.9 Å². The van der Waals surface area contributed by atoms with Gasteiger partial charge in [0.25, 0.3) is 5.91 Å². The van der Waals surface area contributed by atoms with Crippen molar-refractivity contribution >= 4 is 11.8 Å². The molecule has 5 rings (SSSR count). The molecular formula is C23H19F8N3O4. The highest BCUT2D eigenvalue weighted by Gasteiger charge is 2.52. The Morgan fingerprint density at radius 3 is 2.24 bits per heavy atom. The third-order valence-corrected chi connectivity index (χ3v) is 7.30.